The van der Waals surface area contributed by atoms with Crippen LogP contribution in [-0.2, 0) is 10.0 Å². The fourth-order valence-electron chi connectivity index (χ4n) is 1.88. The monoisotopic (exact) mass is 325 g/mol. The van der Waals surface area contributed by atoms with Gasteiger partial charge in [0.05, 0.1) is 6.61 Å². The van der Waals surface area contributed by atoms with Gasteiger partial charge in [0, 0.05) is 17.1 Å². The lowest BCUT2D eigenvalue weighted by Gasteiger charge is -2.21. The molecule has 1 aliphatic heterocycles. The molecule has 0 amide bonds. The predicted molar refractivity (Wildman–Crippen MR) is 66.0 cm³/mol. The minimum atomic E-state index is -3.44. The summed E-state index contributed by atoms with van der Waals surface area (Å²) in [6, 6.07) is 1.46. The van der Waals surface area contributed by atoms with Gasteiger partial charge in [-0.2, -0.15) is 4.31 Å². The lowest BCUT2D eigenvalue weighted by Crippen LogP contribution is -2.37. The molecule has 1 aromatic rings. The molecule has 1 aromatic heterocycles. The van der Waals surface area contributed by atoms with Gasteiger partial charge in [-0.15, -0.1) is 11.3 Å². The topological polar surface area (TPSA) is 57.6 Å². The molecule has 1 atom stereocenters. The fraction of sp³-hybridized carbons (Fsp3) is 0.556. The Morgan fingerprint density at radius 2 is 2.38 bits per heavy atom. The van der Waals surface area contributed by atoms with Crippen LogP contribution in [0.4, 0.5) is 0 Å². The van der Waals surface area contributed by atoms with Crippen LogP contribution in [0.1, 0.15) is 12.8 Å². The molecule has 1 fully saturated rings. The quantitative estimate of drug-likeness (QED) is 0.919. The minimum absolute atomic E-state index is 0.109. The molecule has 1 unspecified atom stereocenters. The van der Waals surface area contributed by atoms with E-state index in [1.54, 1.807) is 11.4 Å². The van der Waals surface area contributed by atoms with Crippen LogP contribution >= 0.6 is 27.3 Å². The van der Waals surface area contributed by atoms with Crippen molar-refractivity contribution >= 4 is 37.3 Å². The average molecular weight is 326 g/mol. The zero-order valence-corrected chi connectivity index (χ0v) is 11.7. The lowest BCUT2D eigenvalue weighted by atomic mass is 10.2. The molecule has 0 saturated carbocycles. The fourth-order valence-corrected chi connectivity index (χ4v) is 5.99. The molecule has 16 heavy (non-hydrogen) atoms. The van der Waals surface area contributed by atoms with Crippen molar-refractivity contribution in [2.24, 2.45) is 0 Å². The smallest absolute Gasteiger partial charge is 0.254 e. The van der Waals surface area contributed by atoms with Crippen LogP contribution in [0.5, 0.6) is 0 Å². The summed E-state index contributed by atoms with van der Waals surface area (Å²) in [7, 11) is -3.44. The van der Waals surface area contributed by atoms with E-state index >= 15 is 0 Å². The first kappa shape index (κ1) is 12.5. The first-order valence-corrected chi connectivity index (χ1v) is 8.04. The van der Waals surface area contributed by atoms with Crippen molar-refractivity contribution < 1.29 is 13.5 Å². The number of hydrogen-bond donors (Lipinski definition) is 1. The van der Waals surface area contributed by atoms with Crippen LogP contribution in [0.15, 0.2) is 20.1 Å². The molecule has 2 rings (SSSR count). The Morgan fingerprint density at radius 3 is 2.94 bits per heavy atom. The molecule has 0 aromatic carbocycles. The molecule has 7 heteroatoms. The number of aliphatic hydroxyl groups excluding tert-OH is 1. The van der Waals surface area contributed by atoms with E-state index in [2.05, 4.69) is 15.9 Å². The zero-order valence-electron chi connectivity index (χ0n) is 8.47. The average Bonchev–Trinajstić information content (AvgIpc) is 2.85. The third-order valence-electron chi connectivity index (χ3n) is 2.66. The van der Waals surface area contributed by atoms with Gasteiger partial charge in [0.2, 0.25) is 0 Å². The van der Waals surface area contributed by atoms with E-state index in [0.717, 1.165) is 12.8 Å². The first-order chi connectivity index (χ1) is 7.57. The predicted octanol–water partition coefficient (Wildman–Crippen LogP) is 1.66. The van der Waals surface area contributed by atoms with Gasteiger partial charge >= 0.3 is 0 Å². The Kier molecular flexibility index (Phi) is 3.70. The van der Waals surface area contributed by atoms with Crippen LogP contribution in [0.25, 0.3) is 0 Å². The largest absolute Gasteiger partial charge is 0.395 e. The summed E-state index contributed by atoms with van der Waals surface area (Å²) in [5, 5.41) is 10.9. The van der Waals surface area contributed by atoms with Crippen LogP contribution in [0.3, 0.4) is 0 Å². The number of thiophene rings is 1. The summed E-state index contributed by atoms with van der Waals surface area (Å²) in [5.74, 6) is 0. The van der Waals surface area contributed by atoms with Gasteiger partial charge in [0.15, 0.2) is 0 Å². The molecular weight excluding hydrogens is 314 g/mol. The molecule has 1 aliphatic rings. The minimum Gasteiger partial charge on any atom is -0.395 e. The highest BCUT2D eigenvalue weighted by Crippen LogP contribution is 2.33. The highest BCUT2D eigenvalue weighted by molar-refractivity contribution is 9.10. The molecule has 2 heterocycles. The Bertz CT molecular complexity index is 471. The van der Waals surface area contributed by atoms with Gasteiger partial charge in [-0.05, 0) is 40.2 Å². The number of nitrogens with zero attached hydrogens (tertiary/aromatic N) is 1. The van der Waals surface area contributed by atoms with Gasteiger partial charge in [-0.3, -0.25) is 0 Å². The van der Waals surface area contributed by atoms with Crippen LogP contribution in [0.2, 0.25) is 0 Å². The maximum atomic E-state index is 12.3. The highest BCUT2D eigenvalue weighted by atomic mass is 79.9. The Morgan fingerprint density at radius 1 is 1.62 bits per heavy atom. The molecule has 0 spiro atoms. The summed E-state index contributed by atoms with van der Waals surface area (Å²) in [6.45, 7) is 0.389. The Balaban J connectivity index is 2.36. The van der Waals surface area contributed by atoms with Crippen molar-refractivity contribution in [2.75, 3.05) is 13.2 Å². The van der Waals surface area contributed by atoms with Crippen LogP contribution in [-0.4, -0.2) is 37.0 Å². The van der Waals surface area contributed by atoms with Crippen molar-refractivity contribution in [1.82, 2.24) is 4.31 Å². The number of hydrogen-bond acceptors (Lipinski definition) is 4. The van der Waals surface area contributed by atoms with Crippen molar-refractivity contribution in [3.63, 3.8) is 0 Å². The zero-order chi connectivity index (χ0) is 11.8. The summed E-state index contributed by atoms with van der Waals surface area (Å²) >= 11 is 4.43. The number of halogens is 1. The normalized spacial score (nSPS) is 22.8. The summed E-state index contributed by atoms with van der Waals surface area (Å²) in [5.41, 5.74) is 0. The van der Waals surface area contributed by atoms with Gasteiger partial charge in [-0.25, -0.2) is 8.42 Å². The first-order valence-electron chi connectivity index (χ1n) is 4.93. The van der Waals surface area contributed by atoms with Gasteiger partial charge < -0.3 is 5.11 Å². The maximum Gasteiger partial charge on any atom is 0.254 e. The Hall–Kier alpha value is 0.0500. The molecule has 0 bridgehead atoms. The molecule has 1 N–H and O–H groups in total. The van der Waals surface area contributed by atoms with E-state index in [0.29, 0.717) is 15.2 Å². The number of aliphatic hydroxyl groups is 1. The van der Waals surface area contributed by atoms with Gasteiger partial charge in [-0.1, -0.05) is 0 Å². The molecule has 0 aliphatic carbocycles. The van der Waals surface area contributed by atoms with Gasteiger partial charge in [0.1, 0.15) is 4.21 Å². The summed E-state index contributed by atoms with van der Waals surface area (Å²) < 4.78 is 26.9. The van der Waals surface area contributed by atoms with Crippen molar-refractivity contribution in [3.05, 3.63) is 15.9 Å². The molecule has 1 saturated heterocycles. The maximum absolute atomic E-state index is 12.3. The third-order valence-corrected chi connectivity index (χ3v) is 7.26. The van der Waals surface area contributed by atoms with E-state index < -0.39 is 10.0 Å². The van der Waals surface area contributed by atoms with E-state index in [1.165, 1.54) is 15.6 Å². The summed E-state index contributed by atoms with van der Waals surface area (Å²) in [6.07, 6.45) is 1.55. The third kappa shape index (κ3) is 2.06. The molecule has 0 radical (unpaired) electrons. The summed E-state index contributed by atoms with van der Waals surface area (Å²) in [4.78, 5) is 0. The second kappa shape index (κ2) is 4.73. The highest BCUT2D eigenvalue weighted by Gasteiger charge is 2.36. The van der Waals surface area contributed by atoms with E-state index in [4.69, 9.17) is 5.11 Å². The van der Waals surface area contributed by atoms with Crippen molar-refractivity contribution in [2.45, 2.75) is 23.1 Å². The Labute approximate surface area is 107 Å². The van der Waals surface area contributed by atoms with E-state index in [1.807, 2.05) is 0 Å². The second-order valence-electron chi connectivity index (χ2n) is 3.65. The SMILES string of the molecule is O=S(=O)(c1sccc1Br)N1CCCC1CO. The van der Waals surface area contributed by atoms with E-state index in [-0.39, 0.29) is 12.6 Å². The van der Waals surface area contributed by atoms with Crippen LogP contribution in [0, 0.1) is 0 Å². The molecular formula is C9H12BrNO3S2. The standard InChI is InChI=1S/C9H12BrNO3S2/c10-8-3-5-15-9(8)16(13,14)11-4-1-2-7(11)6-12/h3,5,7,12H,1-2,4,6H2. The molecule has 90 valence electrons. The van der Waals surface area contributed by atoms with E-state index in [9.17, 15) is 8.42 Å². The molecule has 4 nitrogen and oxygen atoms in total. The number of rotatable bonds is 3. The second-order valence-corrected chi connectivity index (χ2v) is 7.51. The van der Waals surface area contributed by atoms with Crippen molar-refractivity contribution in [3.8, 4) is 0 Å². The van der Waals surface area contributed by atoms with Gasteiger partial charge in [0.25, 0.3) is 10.0 Å². The van der Waals surface area contributed by atoms with Crippen LogP contribution < -0.4 is 0 Å². The van der Waals surface area contributed by atoms with Crippen molar-refractivity contribution in [1.29, 1.82) is 0 Å². The number of sulfonamides is 1. The lowest BCUT2D eigenvalue weighted by molar-refractivity contribution is 0.213.